The zero-order valence-corrected chi connectivity index (χ0v) is 17.9. The van der Waals surface area contributed by atoms with Crippen molar-refractivity contribution >= 4 is 39.9 Å². The molecule has 1 saturated heterocycles. The lowest BCUT2D eigenvalue weighted by Gasteiger charge is -2.17. The Morgan fingerprint density at radius 1 is 1.19 bits per heavy atom. The summed E-state index contributed by atoms with van der Waals surface area (Å²) in [7, 11) is 0. The van der Waals surface area contributed by atoms with Crippen LogP contribution in [0, 0.1) is 13.8 Å². The normalized spacial score (nSPS) is 18.8. The number of rotatable bonds is 4. The monoisotopic (exact) mass is 435 g/mol. The fourth-order valence-corrected chi connectivity index (χ4v) is 4.47. The van der Waals surface area contributed by atoms with Crippen LogP contribution in [-0.4, -0.2) is 64.6 Å². The van der Waals surface area contributed by atoms with Gasteiger partial charge in [-0.25, -0.2) is 9.97 Å². The molecule has 6 N–H and O–H groups in total. The van der Waals surface area contributed by atoms with Gasteiger partial charge >= 0.3 is 0 Å². The van der Waals surface area contributed by atoms with Gasteiger partial charge in [-0.1, -0.05) is 6.07 Å². The highest BCUT2D eigenvalue weighted by atomic mass is 16.3. The Bertz CT molecular complexity index is 1340. The second-order valence-electron chi connectivity index (χ2n) is 8.39. The molecule has 0 spiro atoms. The molecular formula is C21H25N9O2. The van der Waals surface area contributed by atoms with Crippen molar-refractivity contribution in [2.75, 3.05) is 24.6 Å². The molecule has 1 aromatic carbocycles. The summed E-state index contributed by atoms with van der Waals surface area (Å²) in [5.74, 6) is 0.955. The standard InChI is InChI=1S/C21H25N9O2/c1-10-5-11(2)17-12(6-10)25-15(26-17)3-4-16(32)29-7-13(14(31)8-29)30-9-24-18-19(22)27-21(23)28-20(18)30/h5-6,9,13-14,31H,3-4,7-8H2,1-2H3,(H,25,26)(H4,22,23,27,28)/t13-,14-/m0/s1. The minimum Gasteiger partial charge on any atom is -0.389 e. The van der Waals surface area contributed by atoms with Gasteiger partial charge in [-0.15, -0.1) is 0 Å². The van der Waals surface area contributed by atoms with E-state index in [-0.39, 0.29) is 24.2 Å². The largest absolute Gasteiger partial charge is 0.389 e. The Labute approximate surface area is 183 Å². The number of hydrogen-bond acceptors (Lipinski definition) is 8. The second kappa shape index (κ2) is 7.45. The predicted octanol–water partition coefficient (Wildman–Crippen LogP) is 0.861. The van der Waals surface area contributed by atoms with Crippen molar-refractivity contribution in [2.45, 2.75) is 38.8 Å². The van der Waals surface area contributed by atoms with E-state index in [1.165, 1.54) is 5.56 Å². The number of nitrogen functional groups attached to an aromatic ring is 2. The van der Waals surface area contributed by atoms with E-state index in [1.54, 1.807) is 15.8 Å². The SMILES string of the molecule is Cc1cc(C)c2nc(CCC(=O)N3C[C@H](O)[C@@H](n4cnc5c(N)nc(N)nc54)C3)[nH]c2c1. The van der Waals surface area contributed by atoms with Gasteiger partial charge in [-0.05, 0) is 31.0 Å². The van der Waals surface area contributed by atoms with Crippen LogP contribution >= 0.6 is 0 Å². The summed E-state index contributed by atoms with van der Waals surface area (Å²) >= 11 is 0. The van der Waals surface area contributed by atoms with E-state index in [0.717, 1.165) is 22.4 Å². The van der Waals surface area contributed by atoms with Crippen molar-refractivity contribution < 1.29 is 9.90 Å². The lowest BCUT2D eigenvalue weighted by Crippen LogP contribution is -2.29. The average molecular weight is 435 g/mol. The third-order valence-electron chi connectivity index (χ3n) is 5.98. The number of carbonyl (C=O) groups excluding carboxylic acids is 1. The van der Waals surface area contributed by atoms with Crippen molar-refractivity contribution in [1.29, 1.82) is 0 Å². The van der Waals surface area contributed by atoms with E-state index in [2.05, 4.69) is 37.1 Å². The Balaban J connectivity index is 1.30. The number of H-pyrrole nitrogens is 1. The average Bonchev–Trinajstić information content (AvgIpc) is 3.42. The van der Waals surface area contributed by atoms with Gasteiger partial charge < -0.3 is 31.0 Å². The minimum atomic E-state index is -0.759. The number of anilines is 2. The molecule has 11 heteroatoms. The van der Waals surface area contributed by atoms with Crippen LogP contribution in [0.4, 0.5) is 11.8 Å². The van der Waals surface area contributed by atoms with Gasteiger partial charge in [0.2, 0.25) is 11.9 Å². The summed E-state index contributed by atoms with van der Waals surface area (Å²) in [4.78, 5) is 34.9. The number of likely N-dealkylation sites (tertiary alicyclic amines) is 1. The van der Waals surface area contributed by atoms with Gasteiger partial charge in [-0.3, -0.25) is 4.79 Å². The smallest absolute Gasteiger partial charge is 0.224 e. The number of carbonyl (C=O) groups is 1. The van der Waals surface area contributed by atoms with Crippen molar-refractivity contribution in [3.63, 3.8) is 0 Å². The van der Waals surface area contributed by atoms with Crippen LogP contribution in [0.2, 0.25) is 0 Å². The van der Waals surface area contributed by atoms with E-state index >= 15 is 0 Å². The summed E-state index contributed by atoms with van der Waals surface area (Å²) in [6.45, 7) is 4.65. The number of β-amino-alcohol motifs (C(OH)–C–C–N with tert-alkyl or cyclic N) is 1. The molecule has 2 atom stereocenters. The van der Waals surface area contributed by atoms with Crippen LogP contribution in [0.3, 0.4) is 0 Å². The summed E-state index contributed by atoms with van der Waals surface area (Å²) in [5.41, 5.74) is 16.7. The fourth-order valence-electron chi connectivity index (χ4n) is 4.47. The molecule has 0 radical (unpaired) electrons. The number of nitrogens with one attached hydrogen (secondary N) is 1. The van der Waals surface area contributed by atoms with E-state index in [9.17, 15) is 9.90 Å². The zero-order valence-electron chi connectivity index (χ0n) is 17.9. The minimum absolute atomic E-state index is 0.0356. The molecule has 4 aromatic rings. The lowest BCUT2D eigenvalue weighted by atomic mass is 10.1. The first-order chi connectivity index (χ1) is 15.3. The maximum absolute atomic E-state index is 12.9. The molecule has 0 unspecified atom stereocenters. The molecule has 1 aliphatic rings. The van der Waals surface area contributed by atoms with Crippen molar-refractivity contribution in [3.05, 3.63) is 35.4 Å². The highest BCUT2D eigenvalue weighted by Gasteiger charge is 2.36. The van der Waals surface area contributed by atoms with E-state index < -0.39 is 12.1 Å². The molecule has 5 rings (SSSR count). The number of amides is 1. The third kappa shape index (κ3) is 3.40. The van der Waals surface area contributed by atoms with Crippen molar-refractivity contribution in [1.82, 2.24) is 34.4 Å². The Morgan fingerprint density at radius 3 is 2.81 bits per heavy atom. The highest BCUT2D eigenvalue weighted by Crippen LogP contribution is 2.28. The maximum atomic E-state index is 12.9. The molecule has 3 aromatic heterocycles. The number of imidazole rings is 2. The van der Waals surface area contributed by atoms with Gasteiger partial charge in [-0.2, -0.15) is 9.97 Å². The number of hydrogen-bond donors (Lipinski definition) is 4. The summed E-state index contributed by atoms with van der Waals surface area (Å²) in [6, 6.07) is 3.76. The molecule has 166 valence electrons. The lowest BCUT2D eigenvalue weighted by molar-refractivity contribution is -0.130. The van der Waals surface area contributed by atoms with Crippen LogP contribution in [-0.2, 0) is 11.2 Å². The van der Waals surface area contributed by atoms with Gasteiger partial charge in [0.1, 0.15) is 11.3 Å². The van der Waals surface area contributed by atoms with Crippen LogP contribution in [0.25, 0.3) is 22.2 Å². The van der Waals surface area contributed by atoms with Crippen LogP contribution in [0.15, 0.2) is 18.5 Å². The first kappa shape index (κ1) is 20.2. The number of benzene rings is 1. The third-order valence-corrected chi connectivity index (χ3v) is 5.98. The Hall–Kier alpha value is -3.73. The van der Waals surface area contributed by atoms with Gasteiger partial charge in [0.05, 0.1) is 29.5 Å². The summed E-state index contributed by atoms with van der Waals surface area (Å²) in [5, 5.41) is 10.6. The number of aliphatic hydroxyl groups excluding tert-OH is 1. The van der Waals surface area contributed by atoms with Crippen LogP contribution in [0.5, 0.6) is 0 Å². The molecule has 0 saturated carbocycles. The van der Waals surface area contributed by atoms with E-state index in [0.29, 0.717) is 30.6 Å². The van der Waals surface area contributed by atoms with Gasteiger partial charge in [0.25, 0.3) is 0 Å². The first-order valence-electron chi connectivity index (χ1n) is 10.5. The second-order valence-corrected chi connectivity index (χ2v) is 8.39. The number of aromatic nitrogens is 6. The Morgan fingerprint density at radius 2 is 2.00 bits per heavy atom. The predicted molar refractivity (Wildman–Crippen MR) is 120 cm³/mol. The highest BCUT2D eigenvalue weighted by molar-refractivity contribution is 5.83. The molecule has 4 heterocycles. The van der Waals surface area contributed by atoms with E-state index in [1.807, 2.05) is 13.8 Å². The quantitative estimate of drug-likeness (QED) is 0.366. The van der Waals surface area contributed by atoms with Gasteiger partial charge in [0.15, 0.2) is 11.5 Å². The molecule has 1 amide bonds. The van der Waals surface area contributed by atoms with Crippen molar-refractivity contribution in [3.8, 4) is 0 Å². The summed E-state index contributed by atoms with van der Waals surface area (Å²) < 4.78 is 1.71. The number of fused-ring (bicyclic) bond motifs is 2. The summed E-state index contributed by atoms with van der Waals surface area (Å²) in [6.07, 6.45) is 1.59. The van der Waals surface area contributed by atoms with Crippen molar-refractivity contribution in [2.24, 2.45) is 0 Å². The number of nitrogens with zero attached hydrogens (tertiary/aromatic N) is 6. The number of aryl methyl sites for hydroxylation is 3. The molecule has 32 heavy (non-hydrogen) atoms. The number of aliphatic hydroxyl groups is 1. The molecule has 1 fully saturated rings. The number of aromatic amines is 1. The zero-order chi connectivity index (χ0) is 22.6. The molecular weight excluding hydrogens is 410 g/mol. The molecule has 0 aliphatic carbocycles. The number of nitrogens with two attached hydrogens (primary N) is 2. The molecule has 0 bridgehead atoms. The molecule has 1 aliphatic heterocycles. The van der Waals surface area contributed by atoms with Gasteiger partial charge in [0, 0.05) is 25.9 Å². The van der Waals surface area contributed by atoms with Crippen LogP contribution in [0.1, 0.15) is 29.4 Å². The molecule has 11 nitrogen and oxygen atoms in total. The maximum Gasteiger partial charge on any atom is 0.224 e. The Kier molecular flexibility index (Phi) is 4.70. The first-order valence-corrected chi connectivity index (χ1v) is 10.5. The van der Waals surface area contributed by atoms with Crippen LogP contribution < -0.4 is 11.5 Å². The topological polar surface area (TPSA) is 165 Å². The fraction of sp³-hybridized carbons (Fsp3) is 0.381. The van der Waals surface area contributed by atoms with E-state index in [4.69, 9.17) is 11.5 Å².